The summed E-state index contributed by atoms with van der Waals surface area (Å²) in [6.07, 6.45) is 2.38. The number of hydrogen-bond acceptors (Lipinski definition) is 7. The van der Waals surface area contributed by atoms with Crippen molar-refractivity contribution in [1.82, 2.24) is 14.5 Å². The van der Waals surface area contributed by atoms with Crippen molar-refractivity contribution in [1.29, 1.82) is 0 Å². The third kappa shape index (κ3) is 5.80. The van der Waals surface area contributed by atoms with Gasteiger partial charge in [-0.05, 0) is 49.7 Å². The number of benzene rings is 2. The molecule has 9 nitrogen and oxygen atoms in total. The van der Waals surface area contributed by atoms with Crippen molar-refractivity contribution in [2.45, 2.75) is 13.8 Å². The molecule has 0 radical (unpaired) electrons. The zero-order valence-corrected chi connectivity index (χ0v) is 22.8. The number of aromatic nitrogens is 3. The molecule has 1 amide bonds. The van der Waals surface area contributed by atoms with Gasteiger partial charge in [0.25, 0.3) is 5.91 Å². The largest absolute Gasteiger partial charge is 0.395 e. The molecule has 1 N–H and O–H groups in total. The van der Waals surface area contributed by atoms with Gasteiger partial charge in [0.05, 0.1) is 18.1 Å². The number of carbonyl (C=O) groups excluding carboxylic acids is 1. The van der Waals surface area contributed by atoms with Gasteiger partial charge in [-0.15, -0.1) is 0 Å². The molecule has 2 aromatic heterocycles. The van der Waals surface area contributed by atoms with E-state index in [0.29, 0.717) is 23.9 Å². The van der Waals surface area contributed by atoms with Crippen molar-refractivity contribution in [3.63, 3.8) is 0 Å². The highest BCUT2D eigenvalue weighted by molar-refractivity contribution is 6.49. The molecule has 0 atom stereocenters. The van der Waals surface area contributed by atoms with E-state index in [0.717, 1.165) is 48.7 Å². The molecular formula is C30H32FN7O2. The Balaban J connectivity index is 1.30. The standard InChI is InChI=1S/C30H32FN7O2/c1-4-40-35-27(28-26(18-21(2)36(28)3)22-8-6-5-7-9-22)29(39)34-24-10-12-25(13-11-24)37-14-16-38(17-15-37)30-32-19-23(31)20-33-30/h5-13,18-20H,4,14-17H2,1-3H3,(H,34,39). The van der Waals surface area contributed by atoms with Crippen LogP contribution in [-0.2, 0) is 16.7 Å². The van der Waals surface area contributed by atoms with Gasteiger partial charge >= 0.3 is 0 Å². The number of nitrogens with zero attached hydrogens (tertiary/aromatic N) is 6. The smallest absolute Gasteiger partial charge is 0.279 e. The average molecular weight is 542 g/mol. The van der Waals surface area contributed by atoms with Crippen LogP contribution in [0.2, 0.25) is 0 Å². The minimum Gasteiger partial charge on any atom is -0.395 e. The molecule has 1 aliphatic rings. The van der Waals surface area contributed by atoms with Crippen LogP contribution in [0.3, 0.4) is 0 Å². The van der Waals surface area contributed by atoms with E-state index in [1.54, 1.807) is 0 Å². The summed E-state index contributed by atoms with van der Waals surface area (Å²) >= 11 is 0. The Kier molecular flexibility index (Phi) is 8.04. The molecule has 206 valence electrons. The summed E-state index contributed by atoms with van der Waals surface area (Å²) in [6.45, 7) is 7.16. The quantitative estimate of drug-likeness (QED) is 0.258. The SMILES string of the molecule is CCON=C(C(=O)Nc1ccc(N2CCN(c3ncc(F)cn3)CC2)cc1)c1c(-c2ccccc2)cc(C)n1C. The second-order valence-corrected chi connectivity index (χ2v) is 9.51. The number of halogens is 1. The Morgan fingerprint density at radius 1 is 1.00 bits per heavy atom. The average Bonchev–Trinajstić information content (AvgIpc) is 3.28. The summed E-state index contributed by atoms with van der Waals surface area (Å²) in [4.78, 5) is 31.4. The first kappa shape index (κ1) is 26.9. The minimum atomic E-state index is -0.443. The first-order chi connectivity index (χ1) is 19.4. The van der Waals surface area contributed by atoms with Gasteiger partial charge in [0.1, 0.15) is 6.61 Å². The Labute approximate surface area is 232 Å². The fourth-order valence-corrected chi connectivity index (χ4v) is 4.76. The van der Waals surface area contributed by atoms with E-state index in [1.807, 2.05) is 85.0 Å². The van der Waals surface area contributed by atoms with Crippen molar-refractivity contribution >= 4 is 28.9 Å². The zero-order valence-electron chi connectivity index (χ0n) is 22.8. The fourth-order valence-electron chi connectivity index (χ4n) is 4.76. The first-order valence-electron chi connectivity index (χ1n) is 13.3. The molecule has 40 heavy (non-hydrogen) atoms. The minimum absolute atomic E-state index is 0.208. The lowest BCUT2D eigenvalue weighted by atomic mass is 10.0. The summed E-state index contributed by atoms with van der Waals surface area (Å²) < 4.78 is 15.1. The van der Waals surface area contributed by atoms with Crippen molar-refractivity contribution in [3.05, 3.63) is 90.3 Å². The van der Waals surface area contributed by atoms with E-state index in [-0.39, 0.29) is 11.6 Å². The van der Waals surface area contributed by atoms with Crippen LogP contribution in [0.25, 0.3) is 11.1 Å². The lowest BCUT2D eigenvalue weighted by Gasteiger charge is -2.36. The second kappa shape index (κ2) is 12.0. The van der Waals surface area contributed by atoms with E-state index >= 15 is 0 Å². The maximum atomic E-state index is 13.6. The molecule has 5 rings (SSSR count). The molecule has 0 unspecified atom stereocenters. The molecule has 0 saturated carbocycles. The predicted molar refractivity (Wildman–Crippen MR) is 155 cm³/mol. The summed E-state index contributed by atoms with van der Waals surface area (Å²) in [5.41, 5.74) is 5.51. The van der Waals surface area contributed by atoms with Gasteiger partial charge in [-0.1, -0.05) is 35.5 Å². The number of carbonyl (C=O) groups is 1. The number of hydrogen-bond donors (Lipinski definition) is 1. The van der Waals surface area contributed by atoms with Crippen LogP contribution >= 0.6 is 0 Å². The fraction of sp³-hybridized carbons (Fsp3) is 0.267. The number of aryl methyl sites for hydroxylation is 1. The Hall–Kier alpha value is -4.73. The number of anilines is 3. The topological polar surface area (TPSA) is 87.9 Å². The number of oxime groups is 1. The Morgan fingerprint density at radius 2 is 1.65 bits per heavy atom. The van der Waals surface area contributed by atoms with Crippen LogP contribution in [0.15, 0.2) is 78.2 Å². The molecule has 1 saturated heterocycles. The molecular weight excluding hydrogens is 509 g/mol. The van der Waals surface area contributed by atoms with Crippen molar-refractivity contribution in [2.24, 2.45) is 12.2 Å². The highest BCUT2D eigenvalue weighted by Gasteiger charge is 2.25. The molecule has 3 heterocycles. The zero-order chi connectivity index (χ0) is 28.1. The van der Waals surface area contributed by atoms with Crippen LogP contribution in [-0.4, -0.2) is 58.9 Å². The summed E-state index contributed by atoms with van der Waals surface area (Å²) in [5, 5.41) is 7.23. The molecule has 2 aromatic carbocycles. The maximum absolute atomic E-state index is 13.6. The Bertz CT molecular complexity index is 1480. The molecule has 0 aliphatic carbocycles. The van der Waals surface area contributed by atoms with Crippen LogP contribution in [0.4, 0.5) is 21.7 Å². The normalized spacial score (nSPS) is 13.8. The summed E-state index contributed by atoms with van der Waals surface area (Å²) in [7, 11) is 1.92. The van der Waals surface area contributed by atoms with Gasteiger partial charge in [0.15, 0.2) is 11.5 Å². The van der Waals surface area contributed by atoms with E-state index in [4.69, 9.17) is 4.84 Å². The van der Waals surface area contributed by atoms with E-state index < -0.39 is 5.82 Å². The number of nitrogens with one attached hydrogen (secondary N) is 1. The highest BCUT2D eigenvalue weighted by Crippen LogP contribution is 2.28. The van der Waals surface area contributed by atoms with Crippen LogP contribution in [0.5, 0.6) is 0 Å². The first-order valence-corrected chi connectivity index (χ1v) is 13.3. The molecule has 1 aliphatic heterocycles. The third-order valence-corrected chi connectivity index (χ3v) is 6.94. The van der Waals surface area contributed by atoms with E-state index in [1.165, 1.54) is 12.4 Å². The van der Waals surface area contributed by atoms with Gasteiger partial charge in [-0.3, -0.25) is 4.79 Å². The number of amides is 1. The molecule has 10 heteroatoms. The second-order valence-electron chi connectivity index (χ2n) is 9.51. The van der Waals surface area contributed by atoms with Crippen molar-refractivity contribution < 1.29 is 14.0 Å². The molecule has 4 aromatic rings. The third-order valence-electron chi connectivity index (χ3n) is 6.94. The lowest BCUT2D eigenvalue weighted by molar-refractivity contribution is -0.110. The molecule has 0 spiro atoms. The highest BCUT2D eigenvalue weighted by atomic mass is 19.1. The van der Waals surface area contributed by atoms with Crippen molar-refractivity contribution in [2.75, 3.05) is 47.9 Å². The Morgan fingerprint density at radius 3 is 2.30 bits per heavy atom. The van der Waals surface area contributed by atoms with Gasteiger partial charge in [-0.2, -0.15) is 0 Å². The summed E-state index contributed by atoms with van der Waals surface area (Å²) in [6, 6.07) is 19.7. The lowest BCUT2D eigenvalue weighted by Crippen LogP contribution is -2.47. The number of piperazine rings is 1. The summed E-state index contributed by atoms with van der Waals surface area (Å²) in [5.74, 6) is -0.263. The van der Waals surface area contributed by atoms with Gasteiger partial charge < -0.3 is 24.5 Å². The molecule has 0 bridgehead atoms. The van der Waals surface area contributed by atoms with Gasteiger partial charge in [0, 0.05) is 55.9 Å². The van der Waals surface area contributed by atoms with Crippen LogP contribution in [0, 0.1) is 12.7 Å². The van der Waals surface area contributed by atoms with Crippen LogP contribution < -0.4 is 15.1 Å². The predicted octanol–water partition coefficient (Wildman–Crippen LogP) is 4.64. The van der Waals surface area contributed by atoms with E-state index in [2.05, 4.69) is 31.4 Å². The molecule has 1 fully saturated rings. The van der Waals surface area contributed by atoms with Gasteiger partial charge in [-0.25, -0.2) is 14.4 Å². The van der Waals surface area contributed by atoms with Gasteiger partial charge in [0.2, 0.25) is 5.95 Å². The monoisotopic (exact) mass is 541 g/mol. The van der Waals surface area contributed by atoms with Crippen molar-refractivity contribution in [3.8, 4) is 11.1 Å². The number of rotatable bonds is 8. The van der Waals surface area contributed by atoms with Crippen LogP contribution in [0.1, 0.15) is 18.3 Å². The maximum Gasteiger partial charge on any atom is 0.279 e. The van der Waals surface area contributed by atoms with E-state index in [9.17, 15) is 9.18 Å².